The van der Waals surface area contributed by atoms with Gasteiger partial charge >= 0.3 is 0 Å². The highest BCUT2D eigenvalue weighted by Crippen LogP contribution is 2.42. The van der Waals surface area contributed by atoms with Crippen LogP contribution in [0.1, 0.15) is 25.0 Å². The lowest BCUT2D eigenvalue weighted by Crippen LogP contribution is -1.85. The Morgan fingerprint density at radius 3 is 2.53 bits per heavy atom. The molecule has 0 aliphatic rings. The lowest BCUT2D eigenvalue weighted by molar-refractivity contribution is 1.28. The van der Waals surface area contributed by atoms with Gasteiger partial charge in [-0.2, -0.15) is 0 Å². The van der Waals surface area contributed by atoms with Gasteiger partial charge in [0.25, 0.3) is 0 Å². The van der Waals surface area contributed by atoms with Gasteiger partial charge in [-0.25, -0.2) is 0 Å². The Balaban J connectivity index is 2.36. The standard InChI is InChI=1S/C11H10BrClS2/c1-6-5-14-11(10(6)13)9(12)8-4-3-7(2)15-8/h3-5,9H,1-2H3. The van der Waals surface area contributed by atoms with Crippen LogP contribution >= 0.6 is 50.2 Å². The van der Waals surface area contributed by atoms with Gasteiger partial charge in [0, 0.05) is 14.6 Å². The third-order valence-electron chi connectivity index (χ3n) is 2.17. The molecule has 1 atom stereocenters. The topological polar surface area (TPSA) is 0 Å². The number of hydrogen-bond acceptors (Lipinski definition) is 2. The quantitative estimate of drug-likeness (QED) is 0.635. The summed E-state index contributed by atoms with van der Waals surface area (Å²) in [5.41, 5.74) is 1.16. The fourth-order valence-electron chi connectivity index (χ4n) is 1.34. The summed E-state index contributed by atoms with van der Waals surface area (Å²) >= 11 is 13.5. The van der Waals surface area contributed by atoms with Crippen LogP contribution in [0.25, 0.3) is 0 Å². The highest BCUT2D eigenvalue weighted by molar-refractivity contribution is 9.09. The Hall–Kier alpha value is 0.170. The number of rotatable bonds is 2. The zero-order valence-corrected chi connectivity index (χ0v) is 12.4. The van der Waals surface area contributed by atoms with Crippen molar-refractivity contribution in [3.63, 3.8) is 0 Å². The van der Waals surface area contributed by atoms with E-state index in [2.05, 4.69) is 40.4 Å². The first-order valence-electron chi connectivity index (χ1n) is 4.53. The molecule has 0 spiro atoms. The van der Waals surface area contributed by atoms with Gasteiger partial charge in [-0.3, -0.25) is 0 Å². The molecule has 0 aliphatic heterocycles. The second-order valence-electron chi connectivity index (χ2n) is 3.41. The molecule has 0 amide bonds. The van der Waals surface area contributed by atoms with E-state index in [0.717, 1.165) is 10.6 Å². The maximum atomic E-state index is 6.25. The van der Waals surface area contributed by atoms with Gasteiger partial charge in [-0.15, -0.1) is 22.7 Å². The van der Waals surface area contributed by atoms with Crippen LogP contribution in [0, 0.1) is 13.8 Å². The van der Waals surface area contributed by atoms with Crippen molar-refractivity contribution >= 4 is 50.2 Å². The molecule has 0 saturated heterocycles. The summed E-state index contributed by atoms with van der Waals surface area (Å²) in [7, 11) is 0. The van der Waals surface area contributed by atoms with Crippen LogP contribution in [0.3, 0.4) is 0 Å². The van der Waals surface area contributed by atoms with E-state index in [9.17, 15) is 0 Å². The Labute approximate surface area is 111 Å². The van der Waals surface area contributed by atoms with Crippen molar-refractivity contribution in [2.24, 2.45) is 0 Å². The maximum Gasteiger partial charge on any atom is 0.0846 e. The molecule has 1 unspecified atom stereocenters. The van der Waals surface area contributed by atoms with E-state index in [0.29, 0.717) is 0 Å². The van der Waals surface area contributed by atoms with Crippen molar-refractivity contribution in [1.29, 1.82) is 0 Å². The largest absolute Gasteiger partial charge is 0.145 e. The number of alkyl halides is 1. The van der Waals surface area contributed by atoms with Crippen LogP contribution in [-0.4, -0.2) is 0 Å². The molecule has 0 fully saturated rings. The highest BCUT2D eigenvalue weighted by atomic mass is 79.9. The molecule has 0 aromatic carbocycles. The molecule has 2 aromatic heterocycles. The van der Waals surface area contributed by atoms with E-state index in [1.165, 1.54) is 14.6 Å². The number of hydrogen-bond donors (Lipinski definition) is 0. The molecular formula is C11H10BrClS2. The SMILES string of the molecule is Cc1ccc(C(Br)c2scc(C)c2Cl)s1. The van der Waals surface area contributed by atoms with Gasteiger partial charge in [0.2, 0.25) is 0 Å². The first kappa shape index (κ1) is 11.6. The van der Waals surface area contributed by atoms with E-state index < -0.39 is 0 Å². The van der Waals surface area contributed by atoms with Crippen LogP contribution in [-0.2, 0) is 0 Å². The van der Waals surface area contributed by atoms with Gasteiger partial charge in [0.15, 0.2) is 0 Å². The molecule has 2 heterocycles. The first-order chi connectivity index (χ1) is 7.09. The van der Waals surface area contributed by atoms with Gasteiger partial charge in [-0.05, 0) is 36.9 Å². The zero-order chi connectivity index (χ0) is 11.0. The van der Waals surface area contributed by atoms with Gasteiger partial charge in [0.1, 0.15) is 0 Å². The zero-order valence-electron chi connectivity index (χ0n) is 8.38. The molecule has 4 heteroatoms. The van der Waals surface area contributed by atoms with E-state index in [1.807, 2.05) is 18.3 Å². The van der Waals surface area contributed by atoms with Crippen molar-refractivity contribution in [2.75, 3.05) is 0 Å². The summed E-state index contributed by atoms with van der Waals surface area (Å²) in [6, 6.07) is 4.30. The van der Waals surface area contributed by atoms with Crippen LogP contribution < -0.4 is 0 Å². The molecule has 0 N–H and O–H groups in total. The third kappa shape index (κ3) is 2.31. The molecule has 0 aliphatic carbocycles. The summed E-state index contributed by atoms with van der Waals surface area (Å²) in [5.74, 6) is 0. The normalized spacial score (nSPS) is 13.1. The molecule has 2 aromatic rings. The second kappa shape index (κ2) is 4.58. The Morgan fingerprint density at radius 2 is 2.07 bits per heavy atom. The van der Waals surface area contributed by atoms with E-state index in [-0.39, 0.29) is 4.83 Å². The summed E-state index contributed by atoms with van der Waals surface area (Å²) in [5, 5.41) is 3.00. The monoisotopic (exact) mass is 320 g/mol. The fraction of sp³-hybridized carbons (Fsp3) is 0.273. The van der Waals surface area contributed by atoms with E-state index in [1.54, 1.807) is 11.3 Å². The predicted molar refractivity (Wildman–Crippen MR) is 73.9 cm³/mol. The van der Waals surface area contributed by atoms with Gasteiger partial charge < -0.3 is 0 Å². The van der Waals surface area contributed by atoms with Crippen molar-refractivity contribution in [1.82, 2.24) is 0 Å². The second-order valence-corrected chi connectivity index (χ2v) is 6.93. The molecule has 80 valence electrons. The van der Waals surface area contributed by atoms with Crippen molar-refractivity contribution < 1.29 is 0 Å². The minimum Gasteiger partial charge on any atom is -0.145 e. The van der Waals surface area contributed by atoms with Crippen LogP contribution in [0.5, 0.6) is 0 Å². The summed E-state index contributed by atoms with van der Waals surface area (Å²) in [4.78, 5) is 4.09. The number of aryl methyl sites for hydroxylation is 2. The lowest BCUT2D eigenvalue weighted by atomic mass is 10.2. The predicted octanol–water partition coefficient (Wildman–Crippen LogP) is 5.56. The maximum absolute atomic E-state index is 6.25. The van der Waals surface area contributed by atoms with Crippen molar-refractivity contribution in [2.45, 2.75) is 18.7 Å². The van der Waals surface area contributed by atoms with Gasteiger partial charge in [0.05, 0.1) is 9.85 Å². The summed E-state index contributed by atoms with van der Waals surface area (Å²) < 4.78 is 0. The number of thiophene rings is 2. The molecule has 15 heavy (non-hydrogen) atoms. The Morgan fingerprint density at radius 1 is 1.33 bits per heavy atom. The van der Waals surface area contributed by atoms with Crippen LogP contribution in [0.15, 0.2) is 17.5 Å². The van der Waals surface area contributed by atoms with Crippen LogP contribution in [0.4, 0.5) is 0 Å². The Kier molecular flexibility index (Phi) is 3.56. The molecule has 2 rings (SSSR count). The molecule has 0 bridgehead atoms. The third-order valence-corrected chi connectivity index (χ3v) is 6.57. The molecule has 0 radical (unpaired) electrons. The molecule has 0 nitrogen and oxygen atoms in total. The molecular weight excluding hydrogens is 312 g/mol. The van der Waals surface area contributed by atoms with E-state index >= 15 is 0 Å². The van der Waals surface area contributed by atoms with Crippen molar-refractivity contribution in [3.8, 4) is 0 Å². The van der Waals surface area contributed by atoms with Gasteiger partial charge in [-0.1, -0.05) is 27.5 Å². The molecule has 0 saturated carbocycles. The summed E-state index contributed by atoms with van der Waals surface area (Å²) in [6.45, 7) is 4.16. The average Bonchev–Trinajstić information content (AvgIpc) is 2.75. The van der Waals surface area contributed by atoms with E-state index in [4.69, 9.17) is 11.6 Å². The smallest absolute Gasteiger partial charge is 0.0846 e. The highest BCUT2D eigenvalue weighted by Gasteiger charge is 2.18. The average molecular weight is 322 g/mol. The minimum atomic E-state index is 0.238. The lowest BCUT2D eigenvalue weighted by Gasteiger charge is -2.05. The Bertz CT molecular complexity index is 473. The number of halogens is 2. The summed E-state index contributed by atoms with van der Waals surface area (Å²) in [6.07, 6.45) is 0. The fourth-order valence-corrected chi connectivity index (χ4v) is 4.69. The van der Waals surface area contributed by atoms with Crippen LogP contribution in [0.2, 0.25) is 5.02 Å². The minimum absolute atomic E-state index is 0.238. The van der Waals surface area contributed by atoms with Crippen molar-refractivity contribution in [3.05, 3.63) is 42.7 Å². The first-order valence-corrected chi connectivity index (χ1v) is 7.52.